The van der Waals surface area contributed by atoms with Crippen LogP contribution in [0.25, 0.3) is 0 Å². The molecule has 13 nitrogen and oxygen atoms in total. The van der Waals surface area contributed by atoms with Crippen LogP contribution in [0.15, 0.2) is 23.4 Å². The molecular formula is C17H16N4O9S. The molecule has 2 rings (SSSR count). The molecule has 0 spiro atoms. The Bertz CT molecular complexity index is 1160. The molecule has 0 unspecified atom stereocenters. The SMILES string of the molecule is CCOC(=O)COc1nc(S(C)(=O)=O)nc(Oc2cc(C#N)ccc2OC)c1[N+](=O)[O-]. The van der Waals surface area contributed by atoms with Crippen LogP contribution in [-0.4, -0.2) is 55.9 Å². The Morgan fingerprint density at radius 3 is 2.48 bits per heavy atom. The highest BCUT2D eigenvalue weighted by Crippen LogP contribution is 2.40. The highest BCUT2D eigenvalue weighted by atomic mass is 32.2. The van der Waals surface area contributed by atoms with Gasteiger partial charge in [-0.05, 0) is 19.1 Å². The zero-order chi connectivity index (χ0) is 23.2. The third kappa shape index (κ3) is 5.76. The first kappa shape index (κ1) is 23.3. The van der Waals surface area contributed by atoms with Crippen LogP contribution in [0.1, 0.15) is 12.5 Å². The van der Waals surface area contributed by atoms with Crippen LogP contribution < -0.4 is 14.2 Å². The molecule has 0 aliphatic carbocycles. The van der Waals surface area contributed by atoms with E-state index in [1.54, 1.807) is 6.92 Å². The molecule has 14 heteroatoms. The van der Waals surface area contributed by atoms with Crippen molar-refractivity contribution in [1.29, 1.82) is 5.26 Å². The van der Waals surface area contributed by atoms with E-state index in [-0.39, 0.29) is 23.7 Å². The summed E-state index contributed by atoms with van der Waals surface area (Å²) in [5.74, 6) is -2.55. The summed E-state index contributed by atoms with van der Waals surface area (Å²) < 4.78 is 44.2. The lowest BCUT2D eigenvalue weighted by atomic mass is 10.2. The van der Waals surface area contributed by atoms with Crippen LogP contribution in [0.4, 0.5) is 5.69 Å². The number of nitro groups is 1. The van der Waals surface area contributed by atoms with Gasteiger partial charge in [-0.2, -0.15) is 15.2 Å². The second-order valence-corrected chi connectivity index (χ2v) is 7.58. The van der Waals surface area contributed by atoms with Crippen molar-refractivity contribution < 1.29 is 37.1 Å². The van der Waals surface area contributed by atoms with E-state index in [0.717, 1.165) is 6.26 Å². The predicted molar refractivity (Wildman–Crippen MR) is 102 cm³/mol. The highest BCUT2D eigenvalue weighted by Gasteiger charge is 2.32. The Morgan fingerprint density at radius 2 is 1.94 bits per heavy atom. The molecule has 164 valence electrons. The fraction of sp³-hybridized carbons (Fsp3) is 0.294. The van der Waals surface area contributed by atoms with Gasteiger partial charge in [0.15, 0.2) is 18.1 Å². The van der Waals surface area contributed by atoms with E-state index in [0.29, 0.717) is 0 Å². The lowest BCUT2D eigenvalue weighted by Crippen LogP contribution is -2.17. The number of carbonyl (C=O) groups excluding carboxylic acids is 1. The van der Waals surface area contributed by atoms with E-state index in [1.165, 1.54) is 25.3 Å². The summed E-state index contributed by atoms with van der Waals surface area (Å²) >= 11 is 0. The molecule has 1 heterocycles. The quantitative estimate of drug-likeness (QED) is 0.231. The largest absolute Gasteiger partial charge is 0.493 e. The van der Waals surface area contributed by atoms with Gasteiger partial charge < -0.3 is 18.9 Å². The number of aromatic nitrogens is 2. The Balaban J connectivity index is 2.65. The van der Waals surface area contributed by atoms with Gasteiger partial charge >= 0.3 is 23.4 Å². The number of hydrogen-bond donors (Lipinski definition) is 0. The number of sulfone groups is 1. The lowest BCUT2D eigenvalue weighted by Gasteiger charge is -2.12. The zero-order valence-corrected chi connectivity index (χ0v) is 17.3. The number of hydrogen-bond acceptors (Lipinski definition) is 12. The Morgan fingerprint density at radius 1 is 1.26 bits per heavy atom. The van der Waals surface area contributed by atoms with Crippen molar-refractivity contribution in [3.8, 4) is 29.3 Å². The average Bonchev–Trinajstić information content (AvgIpc) is 2.71. The smallest absolute Gasteiger partial charge is 0.392 e. The fourth-order valence-corrected chi connectivity index (χ4v) is 2.65. The third-order valence-corrected chi connectivity index (χ3v) is 4.29. The van der Waals surface area contributed by atoms with Crippen molar-refractivity contribution in [2.45, 2.75) is 12.1 Å². The summed E-state index contributed by atoms with van der Waals surface area (Å²) in [6, 6.07) is 5.86. The van der Waals surface area contributed by atoms with Crippen molar-refractivity contribution in [2.24, 2.45) is 0 Å². The molecule has 0 saturated carbocycles. The minimum Gasteiger partial charge on any atom is -0.493 e. The Hall–Kier alpha value is -3.99. The number of benzene rings is 1. The standard InChI is InChI=1S/C17H16N4O9S/c1-4-28-13(22)9-29-15-14(21(23)24)16(20-17(19-15)31(3,25)26)30-12-7-10(8-18)5-6-11(12)27-2/h5-7H,4,9H2,1-3H3. The zero-order valence-electron chi connectivity index (χ0n) is 16.5. The van der Waals surface area contributed by atoms with Crippen LogP contribution in [0.2, 0.25) is 0 Å². The summed E-state index contributed by atoms with van der Waals surface area (Å²) in [5.41, 5.74) is -0.809. The fourth-order valence-electron chi connectivity index (χ4n) is 2.15. The van der Waals surface area contributed by atoms with Gasteiger partial charge in [0.1, 0.15) is 0 Å². The van der Waals surface area contributed by atoms with Crippen LogP contribution in [-0.2, 0) is 19.4 Å². The lowest BCUT2D eigenvalue weighted by molar-refractivity contribution is -0.387. The van der Waals surface area contributed by atoms with Gasteiger partial charge in [-0.25, -0.2) is 13.2 Å². The number of nitrogens with zero attached hydrogens (tertiary/aromatic N) is 4. The molecule has 0 atom stereocenters. The molecule has 0 N–H and O–H groups in total. The van der Waals surface area contributed by atoms with Gasteiger partial charge in [0.2, 0.25) is 9.84 Å². The number of carbonyl (C=O) groups is 1. The van der Waals surface area contributed by atoms with E-state index >= 15 is 0 Å². The first-order valence-corrected chi connectivity index (χ1v) is 10.3. The van der Waals surface area contributed by atoms with E-state index in [2.05, 4.69) is 14.7 Å². The molecule has 0 bridgehead atoms. The van der Waals surface area contributed by atoms with Crippen molar-refractivity contribution >= 4 is 21.5 Å². The van der Waals surface area contributed by atoms with Crippen molar-refractivity contribution in [2.75, 3.05) is 26.6 Å². The normalized spacial score (nSPS) is 10.6. The monoisotopic (exact) mass is 452 g/mol. The third-order valence-electron chi connectivity index (χ3n) is 3.45. The van der Waals surface area contributed by atoms with Crippen LogP contribution >= 0.6 is 0 Å². The van der Waals surface area contributed by atoms with Gasteiger partial charge in [-0.15, -0.1) is 0 Å². The van der Waals surface area contributed by atoms with Crippen molar-refractivity contribution in [1.82, 2.24) is 9.97 Å². The molecule has 0 aliphatic rings. The van der Waals surface area contributed by atoms with Gasteiger partial charge in [0.05, 0.1) is 30.3 Å². The van der Waals surface area contributed by atoms with Crippen molar-refractivity contribution in [3.05, 3.63) is 33.9 Å². The van der Waals surface area contributed by atoms with Gasteiger partial charge in [0, 0.05) is 12.3 Å². The number of esters is 1. The van der Waals surface area contributed by atoms with Crippen LogP contribution in [0.3, 0.4) is 0 Å². The van der Waals surface area contributed by atoms with Crippen molar-refractivity contribution in [3.63, 3.8) is 0 Å². The first-order chi connectivity index (χ1) is 14.6. The minimum atomic E-state index is -4.06. The van der Waals surface area contributed by atoms with Gasteiger partial charge in [0.25, 0.3) is 5.16 Å². The molecule has 0 amide bonds. The maximum absolute atomic E-state index is 12.0. The summed E-state index contributed by atoms with van der Waals surface area (Å²) in [6.45, 7) is 0.801. The summed E-state index contributed by atoms with van der Waals surface area (Å²) in [7, 11) is -2.77. The van der Waals surface area contributed by atoms with Crippen LogP contribution in [0, 0.1) is 21.4 Å². The van der Waals surface area contributed by atoms with Crippen LogP contribution in [0.5, 0.6) is 23.3 Å². The van der Waals surface area contributed by atoms with E-state index in [1.807, 2.05) is 6.07 Å². The topological polar surface area (TPSA) is 181 Å². The molecule has 2 aromatic rings. The maximum Gasteiger partial charge on any atom is 0.392 e. The maximum atomic E-state index is 12.0. The second-order valence-electron chi connectivity index (χ2n) is 5.67. The average molecular weight is 452 g/mol. The van der Waals surface area contributed by atoms with E-state index < -0.39 is 49.9 Å². The molecule has 0 radical (unpaired) electrons. The van der Waals surface area contributed by atoms with Gasteiger partial charge in [-0.3, -0.25) is 10.1 Å². The molecule has 0 aliphatic heterocycles. The molecule has 0 fully saturated rings. The Labute approximate surface area is 176 Å². The minimum absolute atomic E-state index is 0.0338. The number of ether oxygens (including phenoxy) is 4. The number of methoxy groups -OCH3 is 1. The summed E-state index contributed by atoms with van der Waals surface area (Å²) in [4.78, 5) is 29.4. The molecule has 1 aromatic carbocycles. The molecular weight excluding hydrogens is 436 g/mol. The molecule has 0 saturated heterocycles. The first-order valence-electron chi connectivity index (χ1n) is 8.41. The molecule has 31 heavy (non-hydrogen) atoms. The summed E-state index contributed by atoms with van der Waals surface area (Å²) in [5, 5.41) is 19.9. The second kappa shape index (κ2) is 9.67. The number of rotatable bonds is 9. The number of nitriles is 1. The molecule has 1 aromatic heterocycles. The highest BCUT2D eigenvalue weighted by molar-refractivity contribution is 7.90. The van der Waals surface area contributed by atoms with E-state index in [4.69, 9.17) is 19.5 Å². The predicted octanol–water partition coefficient (Wildman–Crippen LogP) is 1.40. The van der Waals surface area contributed by atoms with E-state index in [9.17, 15) is 23.3 Å². The van der Waals surface area contributed by atoms with Gasteiger partial charge in [-0.1, -0.05) is 0 Å². The Kier molecular flexibility index (Phi) is 7.27. The summed E-state index contributed by atoms with van der Waals surface area (Å²) in [6.07, 6.45) is 0.768.